The number of carbonyl (C=O) groups is 1. The number of anilines is 1. The molecule has 1 atom stereocenters. The Morgan fingerprint density at radius 2 is 1.84 bits per heavy atom. The Hall–Kier alpha value is -2.74. The van der Waals surface area contributed by atoms with Crippen LogP contribution in [0.25, 0.3) is 0 Å². The first-order valence-corrected chi connectivity index (χ1v) is 8.27. The van der Waals surface area contributed by atoms with Crippen LogP contribution in [0.1, 0.15) is 6.92 Å². The Bertz CT molecular complexity index is 781. The highest BCUT2D eigenvalue weighted by Gasteiger charge is 2.19. The Labute approximate surface area is 149 Å². The fourth-order valence-corrected chi connectivity index (χ4v) is 3.07. The van der Waals surface area contributed by atoms with E-state index in [4.69, 9.17) is 9.47 Å². The number of nitro benzene ring substituents is 1. The number of hydrogen-bond donors (Lipinski definition) is 1. The maximum Gasteiger partial charge on any atom is 0.271 e. The largest absolute Gasteiger partial charge is 0.496 e. The number of nitro groups is 1. The molecule has 0 spiro atoms. The normalized spacial score (nSPS) is 11.5. The summed E-state index contributed by atoms with van der Waals surface area (Å²) >= 11 is 1.33. The van der Waals surface area contributed by atoms with Gasteiger partial charge in [-0.05, 0) is 25.1 Å². The average Bonchev–Trinajstić information content (AvgIpc) is 2.61. The molecule has 0 fully saturated rings. The van der Waals surface area contributed by atoms with Gasteiger partial charge in [0.25, 0.3) is 5.69 Å². The number of thioether (sulfide) groups is 1. The van der Waals surface area contributed by atoms with Crippen LogP contribution in [0.2, 0.25) is 0 Å². The minimum atomic E-state index is -0.526. The fourth-order valence-electron chi connectivity index (χ4n) is 2.10. The Balaban J connectivity index is 2.15. The summed E-state index contributed by atoms with van der Waals surface area (Å²) < 4.78 is 10.4. The second-order valence-corrected chi connectivity index (χ2v) is 6.42. The molecule has 2 aromatic carbocycles. The average molecular weight is 362 g/mol. The van der Waals surface area contributed by atoms with Gasteiger partial charge in [-0.3, -0.25) is 14.9 Å². The van der Waals surface area contributed by atoms with Crippen molar-refractivity contribution in [2.75, 3.05) is 19.5 Å². The first-order valence-electron chi connectivity index (χ1n) is 7.39. The molecule has 0 aliphatic rings. The van der Waals surface area contributed by atoms with Crippen molar-refractivity contribution >= 4 is 29.0 Å². The van der Waals surface area contributed by atoms with Crippen molar-refractivity contribution in [1.29, 1.82) is 0 Å². The third-order valence-corrected chi connectivity index (χ3v) is 4.55. The zero-order valence-electron chi connectivity index (χ0n) is 14.0. The molecule has 0 aromatic heterocycles. The molecular formula is C17H18N2O5S. The SMILES string of the molecule is COc1ccc([N+](=O)[O-])cc1NC(=O)C(C)Sc1ccccc1OC. The number of hydrogen-bond acceptors (Lipinski definition) is 6. The second-order valence-electron chi connectivity index (χ2n) is 5.04. The lowest BCUT2D eigenvalue weighted by molar-refractivity contribution is -0.384. The van der Waals surface area contributed by atoms with Crippen LogP contribution in [-0.4, -0.2) is 30.3 Å². The quantitative estimate of drug-likeness (QED) is 0.458. The molecule has 0 bridgehead atoms. The minimum absolute atomic E-state index is 0.124. The van der Waals surface area contributed by atoms with Crippen molar-refractivity contribution in [2.24, 2.45) is 0 Å². The van der Waals surface area contributed by atoms with E-state index in [9.17, 15) is 14.9 Å². The van der Waals surface area contributed by atoms with Crippen molar-refractivity contribution in [1.82, 2.24) is 0 Å². The molecule has 0 saturated heterocycles. The number of nitrogens with zero attached hydrogens (tertiary/aromatic N) is 1. The van der Waals surface area contributed by atoms with Crippen molar-refractivity contribution < 1.29 is 19.2 Å². The van der Waals surface area contributed by atoms with Crippen LogP contribution in [0.5, 0.6) is 11.5 Å². The number of para-hydroxylation sites is 1. The van der Waals surface area contributed by atoms with E-state index >= 15 is 0 Å². The maximum atomic E-state index is 12.5. The predicted molar refractivity (Wildman–Crippen MR) is 96.6 cm³/mol. The van der Waals surface area contributed by atoms with Gasteiger partial charge in [0.15, 0.2) is 0 Å². The van der Waals surface area contributed by atoms with Crippen LogP contribution < -0.4 is 14.8 Å². The minimum Gasteiger partial charge on any atom is -0.496 e. The first kappa shape index (κ1) is 18.6. The zero-order chi connectivity index (χ0) is 18.4. The highest BCUT2D eigenvalue weighted by molar-refractivity contribution is 8.00. The Morgan fingerprint density at radius 1 is 1.16 bits per heavy atom. The number of amides is 1. The number of benzene rings is 2. The van der Waals surface area contributed by atoms with Gasteiger partial charge in [-0.2, -0.15) is 0 Å². The Morgan fingerprint density at radius 3 is 2.48 bits per heavy atom. The van der Waals surface area contributed by atoms with Gasteiger partial charge in [0, 0.05) is 12.1 Å². The molecular weight excluding hydrogens is 344 g/mol. The number of nitrogens with one attached hydrogen (secondary N) is 1. The van der Waals surface area contributed by atoms with Gasteiger partial charge in [0.1, 0.15) is 11.5 Å². The summed E-state index contributed by atoms with van der Waals surface area (Å²) in [5, 5.41) is 13.2. The van der Waals surface area contributed by atoms with Gasteiger partial charge in [-0.1, -0.05) is 12.1 Å². The number of ether oxygens (including phenoxy) is 2. The molecule has 1 unspecified atom stereocenters. The third kappa shape index (κ3) is 4.63. The molecule has 0 saturated carbocycles. The van der Waals surface area contributed by atoms with E-state index in [0.29, 0.717) is 11.5 Å². The summed E-state index contributed by atoms with van der Waals surface area (Å²) in [4.78, 5) is 23.7. The van der Waals surface area contributed by atoms with Crippen LogP contribution >= 0.6 is 11.8 Å². The highest BCUT2D eigenvalue weighted by Crippen LogP contribution is 2.33. The molecule has 0 aliphatic heterocycles. The zero-order valence-corrected chi connectivity index (χ0v) is 14.8. The summed E-state index contributed by atoms with van der Waals surface area (Å²) in [6.07, 6.45) is 0. The topological polar surface area (TPSA) is 90.7 Å². The van der Waals surface area contributed by atoms with Crippen molar-refractivity contribution in [3.8, 4) is 11.5 Å². The summed E-state index contributed by atoms with van der Waals surface area (Å²) in [5.74, 6) is 0.739. The van der Waals surface area contributed by atoms with E-state index in [1.54, 1.807) is 14.0 Å². The Kier molecular flexibility index (Phi) is 6.24. The molecule has 0 radical (unpaired) electrons. The molecule has 2 rings (SSSR count). The predicted octanol–water partition coefficient (Wildman–Crippen LogP) is 3.73. The van der Waals surface area contributed by atoms with Gasteiger partial charge in [0.05, 0.1) is 35.0 Å². The first-order chi connectivity index (χ1) is 12.0. The molecule has 1 amide bonds. The van der Waals surface area contributed by atoms with Crippen molar-refractivity contribution in [2.45, 2.75) is 17.1 Å². The fraction of sp³-hybridized carbons (Fsp3) is 0.235. The van der Waals surface area contributed by atoms with E-state index in [0.717, 1.165) is 4.90 Å². The van der Waals surface area contributed by atoms with E-state index in [2.05, 4.69) is 5.32 Å². The van der Waals surface area contributed by atoms with Crippen LogP contribution in [0.4, 0.5) is 11.4 Å². The van der Waals surface area contributed by atoms with Gasteiger partial charge >= 0.3 is 0 Å². The molecule has 1 N–H and O–H groups in total. The van der Waals surface area contributed by atoms with Gasteiger partial charge < -0.3 is 14.8 Å². The van der Waals surface area contributed by atoms with E-state index < -0.39 is 10.2 Å². The van der Waals surface area contributed by atoms with Crippen LogP contribution in [0.3, 0.4) is 0 Å². The van der Waals surface area contributed by atoms with E-state index in [-0.39, 0.29) is 17.3 Å². The van der Waals surface area contributed by atoms with Crippen molar-refractivity contribution in [3.63, 3.8) is 0 Å². The number of rotatable bonds is 7. The monoisotopic (exact) mass is 362 g/mol. The molecule has 7 nitrogen and oxygen atoms in total. The summed E-state index contributed by atoms with van der Waals surface area (Å²) in [6.45, 7) is 1.75. The number of non-ortho nitro benzene ring substituents is 1. The molecule has 132 valence electrons. The highest BCUT2D eigenvalue weighted by atomic mass is 32.2. The van der Waals surface area contributed by atoms with Crippen LogP contribution in [0.15, 0.2) is 47.4 Å². The van der Waals surface area contributed by atoms with Crippen molar-refractivity contribution in [3.05, 3.63) is 52.6 Å². The molecule has 0 aliphatic carbocycles. The summed E-state index contributed by atoms with van der Waals surface area (Å²) in [6, 6.07) is 11.4. The molecule has 2 aromatic rings. The third-order valence-electron chi connectivity index (χ3n) is 3.39. The lowest BCUT2D eigenvalue weighted by Gasteiger charge is -2.15. The van der Waals surface area contributed by atoms with Gasteiger partial charge in [0.2, 0.25) is 5.91 Å². The van der Waals surface area contributed by atoms with E-state index in [1.807, 2.05) is 24.3 Å². The lowest BCUT2D eigenvalue weighted by Crippen LogP contribution is -2.22. The lowest BCUT2D eigenvalue weighted by atomic mass is 10.2. The second kappa shape index (κ2) is 8.39. The van der Waals surface area contributed by atoms with Gasteiger partial charge in [-0.25, -0.2) is 0 Å². The summed E-state index contributed by atoms with van der Waals surface area (Å²) in [5.41, 5.74) is 0.135. The van der Waals surface area contributed by atoms with Crippen LogP contribution in [-0.2, 0) is 4.79 Å². The maximum absolute atomic E-state index is 12.5. The summed E-state index contributed by atoms with van der Waals surface area (Å²) in [7, 11) is 3.00. The van der Waals surface area contributed by atoms with Crippen LogP contribution in [0, 0.1) is 10.1 Å². The van der Waals surface area contributed by atoms with E-state index in [1.165, 1.54) is 37.1 Å². The smallest absolute Gasteiger partial charge is 0.271 e. The standard InChI is InChI=1S/C17H18N2O5S/c1-11(25-16-7-5-4-6-15(16)24-3)17(20)18-13-10-12(19(21)22)8-9-14(13)23-2/h4-11H,1-3H3,(H,18,20). The number of carbonyl (C=O) groups excluding carboxylic acids is 1. The number of methoxy groups -OCH3 is 2. The van der Waals surface area contributed by atoms with Gasteiger partial charge in [-0.15, -0.1) is 11.8 Å². The molecule has 8 heteroatoms. The molecule has 0 heterocycles. The molecule has 25 heavy (non-hydrogen) atoms.